The maximum atomic E-state index is 8.52. The number of nitriles is 1. The van der Waals surface area contributed by atoms with Crippen LogP contribution in [0.4, 0.5) is 0 Å². The summed E-state index contributed by atoms with van der Waals surface area (Å²) in [6, 6.07) is 2.03. The van der Waals surface area contributed by atoms with E-state index in [-0.39, 0.29) is 10.5 Å². The van der Waals surface area contributed by atoms with Gasteiger partial charge < -0.3 is 4.43 Å². The van der Waals surface area contributed by atoms with Crippen LogP contribution in [0.5, 0.6) is 0 Å². The molecule has 3 heteroatoms. The van der Waals surface area contributed by atoms with Crippen molar-refractivity contribution in [2.45, 2.75) is 52.8 Å². The third-order valence-corrected chi connectivity index (χ3v) is 7.70. The van der Waals surface area contributed by atoms with Crippen molar-refractivity contribution in [3.8, 4) is 6.07 Å². The first-order valence-electron chi connectivity index (χ1n) is 5.73. The van der Waals surface area contributed by atoms with Gasteiger partial charge in [0.05, 0.1) is 6.07 Å². The lowest BCUT2D eigenvalue weighted by atomic mass is 9.95. The Morgan fingerprint density at radius 2 is 1.69 bits per heavy atom. The molecule has 92 valence electrons. The molecule has 16 heavy (non-hydrogen) atoms. The van der Waals surface area contributed by atoms with Crippen molar-refractivity contribution in [1.29, 1.82) is 5.26 Å². The highest BCUT2D eigenvalue weighted by atomic mass is 28.4. The van der Waals surface area contributed by atoms with Crippen molar-refractivity contribution in [3.05, 3.63) is 12.2 Å². The molecular weight excluding hydrogens is 214 g/mol. The van der Waals surface area contributed by atoms with Gasteiger partial charge in [-0.3, -0.25) is 0 Å². The smallest absolute Gasteiger partial charge is 0.192 e. The molecule has 0 bridgehead atoms. The van der Waals surface area contributed by atoms with E-state index in [2.05, 4.69) is 47.7 Å². The van der Waals surface area contributed by atoms with Crippen LogP contribution in [-0.2, 0) is 4.43 Å². The average molecular weight is 239 g/mol. The normalized spacial score (nSPS) is 14.1. The molecule has 0 fully saturated rings. The molecule has 0 aliphatic rings. The van der Waals surface area contributed by atoms with E-state index in [9.17, 15) is 0 Å². The van der Waals surface area contributed by atoms with E-state index >= 15 is 0 Å². The van der Waals surface area contributed by atoms with Crippen LogP contribution in [0.15, 0.2) is 12.2 Å². The van der Waals surface area contributed by atoms with Gasteiger partial charge in [-0.25, -0.2) is 0 Å². The quantitative estimate of drug-likeness (QED) is 0.546. The number of rotatable bonds is 4. The minimum absolute atomic E-state index is 0.0642. The molecule has 0 N–H and O–H groups in total. The molecule has 0 spiro atoms. The molecule has 0 aliphatic carbocycles. The van der Waals surface area contributed by atoms with Gasteiger partial charge in [0.1, 0.15) is 0 Å². The summed E-state index contributed by atoms with van der Waals surface area (Å²) in [5.74, 6) is 0. The largest absolute Gasteiger partial charge is 0.416 e. The highest BCUT2D eigenvalue weighted by Crippen LogP contribution is 2.37. The minimum Gasteiger partial charge on any atom is -0.416 e. The van der Waals surface area contributed by atoms with Crippen molar-refractivity contribution in [1.82, 2.24) is 0 Å². The molecule has 0 rings (SSSR count). The van der Waals surface area contributed by atoms with Crippen molar-refractivity contribution < 1.29 is 4.43 Å². The van der Waals surface area contributed by atoms with Crippen molar-refractivity contribution in [3.63, 3.8) is 0 Å². The Labute approximate surface area is 101 Å². The summed E-state index contributed by atoms with van der Waals surface area (Å²) in [4.78, 5) is 0. The van der Waals surface area contributed by atoms with Gasteiger partial charge >= 0.3 is 0 Å². The standard InChI is InChI=1S/C13H25NOSi/c1-12(2,3)16(6,7)15-11-13(4,5)9-8-10-14/h8-9H,11H2,1-7H3/b9-8+. The zero-order chi connectivity index (χ0) is 13.0. The zero-order valence-corrected chi connectivity index (χ0v) is 12.7. The van der Waals surface area contributed by atoms with E-state index in [1.165, 1.54) is 6.08 Å². The Bertz CT molecular complexity index is 292. The van der Waals surface area contributed by atoms with Crippen LogP contribution < -0.4 is 0 Å². The summed E-state index contributed by atoms with van der Waals surface area (Å²) in [6.07, 6.45) is 3.45. The van der Waals surface area contributed by atoms with Crippen LogP contribution in [0.25, 0.3) is 0 Å². The van der Waals surface area contributed by atoms with E-state index < -0.39 is 8.32 Å². The summed E-state index contributed by atoms with van der Waals surface area (Å²) >= 11 is 0. The van der Waals surface area contributed by atoms with Crippen molar-refractivity contribution in [2.24, 2.45) is 5.41 Å². The highest BCUT2D eigenvalue weighted by Gasteiger charge is 2.38. The maximum Gasteiger partial charge on any atom is 0.192 e. The van der Waals surface area contributed by atoms with Gasteiger partial charge in [-0.05, 0) is 18.1 Å². The molecule has 0 aliphatic heterocycles. The average Bonchev–Trinajstić information content (AvgIpc) is 2.10. The summed E-state index contributed by atoms with van der Waals surface area (Å²) < 4.78 is 6.13. The van der Waals surface area contributed by atoms with E-state index in [1.54, 1.807) is 0 Å². The first-order chi connectivity index (χ1) is 7.02. The summed E-state index contributed by atoms with van der Waals surface area (Å²) in [6.45, 7) is 16.1. The molecule has 0 saturated heterocycles. The van der Waals surface area contributed by atoms with Crippen LogP contribution in [0.2, 0.25) is 18.1 Å². The lowest BCUT2D eigenvalue weighted by Gasteiger charge is -2.38. The second-order valence-corrected chi connectivity index (χ2v) is 11.3. The highest BCUT2D eigenvalue weighted by molar-refractivity contribution is 6.74. The predicted octanol–water partition coefficient (Wildman–Crippen LogP) is 4.11. The van der Waals surface area contributed by atoms with Crippen LogP contribution in [0.3, 0.4) is 0 Å². The van der Waals surface area contributed by atoms with Gasteiger partial charge in [0.2, 0.25) is 0 Å². The predicted molar refractivity (Wildman–Crippen MR) is 71.7 cm³/mol. The Hall–Kier alpha value is -0.593. The zero-order valence-electron chi connectivity index (χ0n) is 11.7. The molecule has 0 heterocycles. The summed E-state index contributed by atoms with van der Waals surface area (Å²) in [5, 5.41) is 8.76. The van der Waals surface area contributed by atoms with E-state index in [0.717, 1.165) is 0 Å². The second kappa shape index (κ2) is 5.16. The third kappa shape index (κ3) is 4.96. The van der Waals surface area contributed by atoms with Crippen LogP contribution in [0, 0.1) is 16.7 Å². The Morgan fingerprint density at radius 1 is 1.19 bits per heavy atom. The molecular formula is C13H25NOSi. The monoisotopic (exact) mass is 239 g/mol. The number of allylic oxidation sites excluding steroid dienone is 1. The van der Waals surface area contributed by atoms with Gasteiger partial charge in [-0.2, -0.15) is 5.26 Å². The van der Waals surface area contributed by atoms with Crippen LogP contribution >= 0.6 is 0 Å². The molecule has 0 unspecified atom stereocenters. The number of hydrogen-bond donors (Lipinski definition) is 0. The van der Waals surface area contributed by atoms with Gasteiger partial charge in [0.15, 0.2) is 8.32 Å². The minimum atomic E-state index is -1.67. The number of nitrogens with zero attached hydrogens (tertiary/aromatic N) is 1. The topological polar surface area (TPSA) is 33.0 Å². The first kappa shape index (κ1) is 15.4. The van der Waals surface area contributed by atoms with E-state index in [4.69, 9.17) is 9.69 Å². The lowest BCUT2D eigenvalue weighted by molar-refractivity contribution is 0.202. The van der Waals surface area contributed by atoms with Crippen molar-refractivity contribution in [2.75, 3.05) is 6.61 Å². The van der Waals surface area contributed by atoms with Crippen LogP contribution in [0.1, 0.15) is 34.6 Å². The second-order valence-electron chi connectivity index (χ2n) is 6.50. The SMILES string of the molecule is CC(C)(/C=C/C#N)CO[Si](C)(C)C(C)(C)C. The molecule has 0 amide bonds. The molecule has 0 radical (unpaired) electrons. The van der Waals surface area contributed by atoms with E-state index in [0.29, 0.717) is 6.61 Å². The Morgan fingerprint density at radius 3 is 2.06 bits per heavy atom. The molecule has 0 aromatic rings. The summed E-state index contributed by atoms with van der Waals surface area (Å²) in [5.41, 5.74) is -0.0642. The van der Waals surface area contributed by atoms with Gasteiger partial charge in [0, 0.05) is 18.1 Å². The molecule has 0 saturated carbocycles. The fourth-order valence-electron chi connectivity index (χ4n) is 0.894. The van der Waals surface area contributed by atoms with Crippen molar-refractivity contribution >= 4 is 8.32 Å². The number of hydrogen-bond acceptors (Lipinski definition) is 2. The molecule has 0 atom stereocenters. The Balaban J connectivity index is 4.47. The van der Waals surface area contributed by atoms with Crippen LogP contribution in [-0.4, -0.2) is 14.9 Å². The maximum absolute atomic E-state index is 8.52. The third-order valence-electron chi connectivity index (χ3n) is 3.22. The lowest BCUT2D eigenvalue weighted by Crippen LogP contribution is -2.42. The summed E-state index contributed by atoms with van der Waals surface area (Å²) in [7, 11) is -1.67. The fraction of sp³-hybridized carbons (Fsp3) is 0.769. The van der Waals surface area contributed by atoms with Gasteiger partial charge in [-0.1, -0.05) is 40.7 Å². The van der Waals surface area contributed by atoms with Gasteiger partial charge in [-0.15, -0.1) is 0 Å². The molecule has 2 nitrogen and oxygen atoms in total. The fourth-order valence-corrected chi connectivity index (χ4v) is 2.06. The Kier molecular flexibility index (Phi) is 4.97. The van der Waals surface area contributed by atoms with E-state index in [1.807, 2.05) is 12.1 Å². The molecule has 0 aromatic heterocycles. The van der Waals surface area contributed by atoms with Gasteiger partial charge in [0.25, 0.3) is 0 Å². The molecule has 0 aromatic carbocycles. The first-order valence-corrected chi connectivity index (χ1v) is 8.64.